The van der Waals surface area contributed by atoms with Crippen LogP contribution < -0.4 is 16.2 Å². The normalized spacial score (nSPS) is 29.6. The molecule has 1 aromatic rings. The van der Waals surface area contributed by atoms with Crippen molar-refractivity contribution in [3.8, 4) is 0 Å². The second-order valence-corrected chi connectivity index (χ2v) is 7.86. The van der Waals surface area contributed by atoms with E-state index >= 15 is 0 Å². The number of carbonyl (C=O) groups excluding carboxylic acids is 2. The van der Waals surface area contributed by atoms with E-state index in [4.69, 9.17) is 0 Å². The van der Waals surface area contributed by atoms with Crippen molar-refractivity contribution in [2.45, 2.75) is 37.6 Å². The Morgan fingerprint density at radius 1 is 1.19 bits per heavy atom. The highest BCUT2D eigenvalue weighted by molar-refractivity contribution is 6.00. The molecule has 3 aliphatic heterocycles. The summed E-state index contributed by atoms with van der Waals surface area (Å²) >= 11 is 0. The summed E-state index contributed by atoms with van der Waals surface area (Å²) in [7, 11) is 0. The summed E-state index contributed by atoms with van der Waals surface area (Å²) in [6.07, 6.45) is 3.31. The van der Waals surface area contributed by atoms with E-state index in [9.17, 15) is 14.0 Å². The number of hydrogen-bond donors (Lipinski definition) is 3. The molecule has 0 spiro atoms. The van der Waals surface area contributed by atoms with Crippen molar-refractivity contribution in [2.24, 2.45) is 11.8 Å². The number of amides is 2. The van der Waals surface area contributed by atoms with Gasteiger partial charge < -0.3 is 10.2 Å². The Morgan fingerprint density at radius 2 is 2.00 bits per heavy atom. The molecule has 1 aromatic carbocycles. The van der Waals surface area contributed by atoms with E-state index in [1.165, 1.54) is 6.07 Å². The van der Waals surface area contributed by atoms with Gasteiger partial charge in [0.2, 0.25) is 11.8 Å². The fourth-order valence-electron chi connectivity index (χ4n) is 4.73. The lowest BCUT2D eigenvalue weighted by Crippen LogP contribution is -2.50. The Bertz CT molecular complexity index is 705. The molecule has 3 saturated heterocycles. The quantitative estimate of drug-likeness (QED) is 0.694. The summed E-state index contributed by atoms with van der Waals surface area (Å²) in [5, 5.41) is 2.80. The monoisotopic (exact) mass is 374 g/mol. The minimum atomic E-state index is -0.512. The van der Waals surface area contributed by atoms with Crippen LogP contribution in [0.3, 0.4) is 0 Å². The summed E-state index contributed by atoms with van der Waals surface area (Å²) in [5.74, 6) is -0.230. The Kier molecular flexibility index (Phi) is 5.41. The molecule has 3 N–H and O–H groups in total. The number of carbonyl (C=O) groups is 2. The highest BCUT2D eigenvalue weighted by atomic mass is 19.1. The van der Waals surface area contributed by atoms with Crippen molar-refractivity contribution in [3.63, 3.8) is 0 Å². The minimum absolute atomic E-state index is 0.0233. The molecule has 3 unspecified atom stereocenters. The van der Waals surface area contributed by atoms with Gasteiger partial charge in [-0.1, -0.05) is 12.1 Å². The highest BCUT2D eigenvalue weighted by Gasteiger charge is 2.39. The first-order valence-electron chi connectivity index (χ1n) is 9.94. The molecule has 0 aliphatic carbocycles. The summed E-state index contributed by atoms with van der Waals surface area (Å²) in [6.45, 7) is 2.81. The van der Waals surface area contributed by atoms with E-state index in [2.05, 4.69) is 16.2 Å². The smallest absolute Gasteiger partial charge is 0.235 e. The molecule has 27 heavy (non-hydrogen) atoms. The largest absolute Gasteiger partial charge is 0.355 e. The minimum Gasteiger partial charge on any atom is -0.355 e. The Labute approximate surface area is 158 Å². The summed E-state index contributed by atoms with van der Waals surface area (Å²) < 4.78 is 13.6. The molecule has 3 atom stereocenters. The van der Waals surface area contributed by atoms with Crippen molar-refractivity contribution < 1.29 is 14.0 Å². The summed E-state index contributed by atoms with van der Waals surface area (Å²) in [6, 6.07) is 7.06. The number of halogens is 1. The Balaban J connectivity index is 1.37. The zero-order valence-corrected chi connectivity index (χ0v) is 15.4. The molecule has 0 bridgehead atoms. The maximum atomic E-state index is 13.6. The van der Waals surface area contributed by atoms with E-state index in [-0.39, 0.29) is 29.6 Å². The third-order valence-electron chi connectivity index (χ3n) is 6.24. The van der Waals surface area contributed by atoms with Gasteiger partial charge in [0, 0.05) is 38.1 Å². The summed E-state index contributed by atoms with van der Waals surface area (Å²) in [5.41, 5.74) is 7.60. The lowest BCUT2D eigenvalue weighted by molar-refractivity contribution is -0.144. The Morgan fingerprint density at radius 3 is 2.74 bits per heavy atom. The van der Waals surface area contributed by atoms with E-state index in [1.54, 1.807) is 12.1 Å². The van der Waals surface area contributed by atoms with Gasteiger partial charge in [-0.2, -0.15) is 0 Å². The van der Waals surface area contributed by atoms with Crippen LogP contribution >= 0.6 is 0 Å². The van der Waals surface area contributed by atoms with Crippen LogP contribution in [-0.2, 0) is 9.59 Å². The molecular formula is C20H27FN4O2. The zero-order valence-electron chi connectivity index (χ0n) is 15.4. The maximum absolute atomic E-state index is 13.6. The third kappa shape index (κ3) is 3.84. The number of nitrogens with one attached hydrogen (secondary N) is 3. The lowest BCUT2D eigenvalue weighted by Gasteiger charge is -2.38. The molecule has 146 valence electrons. The molecule has 3 fully saturated rings. The second kappa shape index (κ2) is 7.94. The van der Waals surface area contributed by atoms with Crippen LogP contribution in [0, 0.1) is 17.7 Å². The predicted molar refractivity (Wildman–Crippen MR) is 99.1 cm³/mol. The van der Waals surface area contributed by atoms with Crippen LogP contribution in [0.2, 0.25) is 0 Å². The molecule has 6 nitrogen and oxygen atoms in total. The first-order valence-corrected chi connectivity index (χ1v) is 9.94. The molecule has 4 rings (SSSR count). The fourth-order valence-corrected chi connectivity index (χ4v) is 4.73. The van der Waals surface area contributed by atoms with Crippen molar-refractivity contribution in [1.82, 2.24) is 21.1 Å². The van der Waals surface area contributed by atoms with E-state index in [0.717, 1.165) is 31.4 Å². The van der Waals surface area contributed by atoms with Gasteiger partial charge >= 0.3 is 0 Å². The molecular weight excluding hydrogens is 347 g/mol. The number of rotatable bonds is 3. The van der Waals surface area contributed by atoms with E-state index < -0.39 is 5.92 Å². The number of benzene rings is 1. The van der Waals surface area contributed by atoms with E-state index in [0.29, 0.717) is 32.0 Å². The lowest BCUT2D eigenvalue weighted by atomic mass is 9.80. The van der Waals surface area contributed by atoms with Crippen molar-refractivity contribution >= 4 is 11.8 Å². The number of hydrazine groups is 1. The average molecular weight is 374 g/mol. The van der Waals surface area contributed by atoms with E-state index in [1.807, 2.05) is 11.0 Å². The van der Waals surface area contributed by atoms with Crippen LogP contribution in [0.1, 0.15) is 37.2 Å². The van der Waals surface area contributed by atoms with Crippen LogP contribution in [0.4, 0.5) is 4.39 Å². The van der Waals surface area contributed by atoms with Gasteiger partial charge in [0.1, 0.15) is 11.7 Å². The van der Waals surface area contributed by atoms with Gasteiger partial charge in [0.25, 0.3) is 0 Å². The van der Waals surface area contributed by atoms with Crippen molar-refractivity contribution in [2.75, 3.05) is 26.2 Å². The first-order chi connectivity index (χ1) is 13.1. The molecule has 3 heterocycles. The number of piperidine rings is 2. The zero-order chi connectivity index (χ0) is 18.8. The van der Waals surface area contributed by atoms with Crippen molar-refractivity contribution in [3.05, 3.63) is 35.6 Å². The SMILES string of the molecule is O=C1NCCCC1C(=O)N1CCC(C2NNCC2c2cccc(F)c2)CC1. The molecule has 7 heteroatoms. The fraction of sp³-hybridized carbons (Fsp3) is 0.600. The molecule has 0 saturated carbocycles. The second-order valence-electron chi connectivity index (χ2n) is 7.86. The standard InChI is InChI=1S/C20H27FN4O2/c21-15-4-1-3-14(11-15)17-12-23-24-18(17)13-6-9-25(10-7-13)20(27)16-5-2-8-22-19(16)26/h1,3-4,11,13,16-18,23-24H,2,5-10,12H2,(H,22,26). The average Bonchev–Trinajstić information content (AvgIpc) is 3.18. The molecule has 3 aliphatic rings. The first kappa shape index (κ1) is 18.4. The number of hydrogen-bond acceptors (Lipinski definition) is 4. The van der Waals surface area contributed by atoms with Gasteiger partial charge in [-0.3, -0.25) is 20.4 Å². The topological polar surface area (TPSA) is 73.5 Å². The van der Waals surface area contributed by atoms with Crippen molar-refractivity contribution in [1.29, 1.82) is 0 Å². The van der Waals surface area contributed by atoms with Gasteiger partial charge in [-0.15, -0.1) is 0 Å². The highest BCUT2D eigenvalue weighted by Crippen LogP contribution is 2.33. The molecule has 0 aromatic heterocycles. The number of likely N-dealkylation sites (tertiary alicyclic amines) is 1. The van der Waals surface area contributed by atoms with Crippen LogP contribution in [0.25, 0.3) is 0 Å². The van der Waals surface area contributed by atoms with Gasteiger partial charge in [0.05, 0.1) is 0 Å². The van der Waals surface area contributed by atoms with Crippen LogP contribution in [0.5, 0.6) is 0 Å². The summed E-state index contributed by atoms with van der Waals surface area (Å²) in [4.78, 5) is 26.5. The molecule has 0 radical (unpaired) electrons. The Hall–Kier alpha value is -1.99. The van der Waals surface area contributed by atoms with Gasteiger partial charge in [-0.05, 0) is 49.3 Å². The van der Waals surface area contributed by atoms with Gasteiger partial charge in [-0.25, -0.2) is 4.39 Å². The molecule has 2 amide bonds. The van der Waals surface area contributed by atoms with Crippen LogP contribution in [-0.4, -0.2) is 48.9 Å². The predicted octanol–water partition coefficient (Wildman–Crippen LogP) is 1.15. The van der Waals surface area contributed by atoms with Gasteiger partial charge in [0.15, 0.2) is 0 Å². The number of nitrogens with zero attached hydrogens (tertiary/aromatic N) is 1. The maximum Gasteiger partial charge on any atom is 0.235 e. The third-order valence-corrected chi connectivity index (χ3v) is 6.24. The van der Waals surface area contributed by atoms with Crippen LogP contribution in [0.15, 0.2) is 24.3 Å².